The number of rotatable bonds is 3. The zero-order valence-electron chi connectivity index (χ0n) is 11.6. The largest absolute Gasteiger partial charge is 0.399 e. The third kappa shape index (κ3) is 2.07. The van der Waals surface area contributed by atoms with Crippen LogP contribution in [0.25, 0.3) is 5.52 Å². The molecule has 3 aromatic rings. The van der Waals surface area contributed by atoms with Crippen molar-refractivity contribution in [1.29, 1.82) is 0 Å². The van der Waals surface area contributed by atoms with Gasteiger partial charge in [-0.15, -0.1) is 0 Å². The standard InChI is InChI=1S/C15H17N5/c1-11(12-4-3-5-13(16)10-12)19(2)15-14-6-7-18-20(14)9-8-17-15/h3-11H,16H2,1-2H3. The van der Waals surface area contributed by atoms with E-state index in [0.29, 0.717) is 0 Å². The molecule has 102 valence electrons. The molecule has 2 N–H and O–H groups in total. The molecule has 20 heavy (non-hydrogen) atoms. The van der Waals surface area contributed by atoms with E-state index in [1.807, 2.05) is 42.0 Å². The van der Waals surface area contributed by atoms with Crippen LogP contribution in [0, 0.1) is 0 Å². The third-order valence-corrected chi connectivity index (χ3v) is 3.61. The van der Waals surface area contributed by atoms with Gasteiger partial charge in [0.1, 0.15) is 5.52 Å². The first-order valence-electron chi connectivity index (χ1n) is 6.53. The Bertz CT molecular complexity index is 734. The Morgan fingerprint density at radius 2 is 2.10 bits per heavy atom. The first-order valence-corrected chi connectivity index (χ1v) is 6.53. The van der Waals surface area contributed by atoms with Crippen LogP contribution in [0.2, 0.25) is 0 Å². The van der Waals surface area contributed by atoms with Crippen molar-refractivity contribution in [1.82, 2.24) is 14.6 Å². The van der Waals surface area contributed by atoms with Gasteiger partial charge in [0.2, 0.25) is 0 Å². The van der Waals surface area contributed by atoms with Crippen LogP contribution in [0.3, 0.4) is 0 Å². The topological polar surface area (TPSA) is 59.5 Å². The maximum absolute atomic E-state index is 5.86. The Labute approximate surface area is 117 Å². The van der Waals surface area contributed by atoms with Gasteiger partial charge in [-0.25, -0.2) is 9.50 Å². The summed E-state index contributed by atoms with van der Waals surface area (Å²) in [6.07, 6.45) is 5.38. The summed E-state index contributed by atoms with van der Waals surface area (Å²) >= 11 is 0. The molecule has 0 aliphatic heterocycles. The predicted molar refractivity (Wildman–Crippen MR) is 80.7 cm³/mol. The molecule has 5 heteroatoms. The van der Waals surface area contributed by atoms with Gasteiger partial charge in [0, 0.05) is 25.1 Å². The highest BCUT2D eigenvalue weighted by atomic mass is 15.3. The number of hydrogen-bond acceptors (Lipinski definition) is 4. The van der Waals surface area contributed by atoms with E-state index in [0.717, 1.165) is 22.6 Å². The number of hydrogen-bond donors (Lipinski definition) is 1. The molecule has 0 amide bonds. The van der Waals surface area contributed by atoms with E-state index >= 15 is 0 Å². The van der Waals surface area contributed by atoms with Crippen LogP contribution >= 0.6 is 0 Å². The number of fused-ring (bicyclic) bond motifs is 1. The Balaban J connectivity index is 1.99. The summed E-state index contributed by atoms with van der Waals surface area (Å²) in [6, 6.07) is 10.1. The number of aromatic nitrogens is 3. The average Bonchev–Trinajstić information content (AvgIpc) is 2.94. The first kappa shape index (κ1) is 12.5. The van der Waals surface area contributed by atoms with E-state index in [1.54, 1.807) is 12.4 Å². The lowest BCUT2D eigenvalue weighted by atomic mass is 10.1. The highest BCUT2D eigenvalue weighted by Gasteiger charge is 2.16. The fourth-order valence-corrected chi connectivity index (χ4v) is 2.34. The van der Waals surface area contributed by atoms with Crippen LogP contribution in [0.1, 0.15) is 18.5 Å². The maximum Gasteiger partial charge on any atom is 0.154 e. The SMILES string of the molecule is CC(c1cccc(N)c1)N(C)c1nccn2nccc12. The quantitative estimate of drug-likeness (QED) is 0.741. The second kappa shape index (κ2) is 4.85. The summed E-state index contributed by atoms with van der Waals surface area (Å²) in [5.74, 6) is 0.903. The predicted octanol–water partition coefficient (Wildman–Crippen LogP) is 2.51. The Hall–Kier alpha value is -2.56. The maximum atomic E-state index is 5.86. The number of nitrogens with two attached hydrogens (primary N) is 1. The lowest BCUT2D eigenvalue weighted by Gasteiger charge is -2.27. The summed E-state index contributed by atoms with van der Waals surface area (Å²) in [5.41, 5.74) is 8.79. The van der Waals surface area contributed by atoms with Crippen molar-refractivity contribution in [3.05, 3.63) is 54.5 Å². The molecule has 0 fully saturated rings. The molecule has 0 radical (unpaired) electrons. The van der Waals surface area contributed by atoms with Gasteiger partial charge in [0.25, 0.3) is 0 Å². The molecule has 1 aromatic carbocycles. The van der Waals surface area contributed by atoms with Gasteiger partial charge in [-0.2, -0.15) is 5.10 Å². The highest BCUT2D eigenvalue weighted by molar-refractivity contribution is 5.68. The molecule has 0 bridgehead atoms. The van der Waals surface area contributed by atoms with Gasteiger partial charge in [-0.05, 0) is 30.7 Å². The molecule has 1 atom stereocenters. The number of anilines is 2. The molecule has 2 aromatic heterocycles. The van der Waals surface area contributed by atoms with Crippen LogP contribution in [-0.4, -0.2) is 21.6 Å². The lowest BCUT2D eigenvalue weighted by molar-refractivity contribution is 0.728. The van der Waals surface area contributed by atoms with Crippen molar-refractivity contribution in [2.75, 3.05) is 17.7 Å². The lowest BCUT2D eigenvalue weighted by Crippen LogP contribution is -2.23. The summed E-state index contributed by atoms with van der Waals surface area (Å²) < 4.78 is 1.82. The van der Waals surface area contributed by atoms with E-state index in [2.05, 4.69) is 28.0 Å². The molecule has 3 rings (SSSR count). The minimum Gasteiger partial charge on any atom is -0.399 e. The normalized spacial score (nSPS) is 12.5. The summed E-state index contributed by atoms with van der Waals surface area (Å²) in [5, 5.41) is 4.24. The van der Waals surface area contributed by atoms with Crippen molar-refractivity contribution in [3.63, 3.8) is 0 Å². The minimum absolute atomic E-state index is 0.173. The molecule has 0 aliphatic carbocycles. The van der Waals surface area contributed by atoms with E-state index in [1.165, 1.54) is 0 Å². The van der Waals surface area contributed by atoms with Crippen LogP contribution in [0.5, 0.6) is 0 Å². The van der Waals surface area contributed by atoms with E-state index in [9.17, 15) is 0 Å². The Kier molecular flexibility index (Phi) is 3.02. The first-order chi connectivity index (χ1) is 9.66. The van der Waals surface area contributed by atoms with Gasteiger partial charge in [0.05, 0.1) is 12.2 Å². The van der Waals surface area contributed by atoms with Gasteiger partial charge in [-0.1, -0.05) is 12.1 Å². The van der Waals surface area contributed by atoms with Crippen molar-refractivity contribution in [3.8, 4) is 0 Å². The number of nitrogens with zero attached hydrogens (tertiary/aromatic N) is 4. The highest BCUT2D eigenvalue weighted by Crippen LogP contribution is 2.27. The molecule has 0 saturated carbocycles. The van der Waals surface area contributed by atoms with Crippen LogP contribution in [0.15, 0.2) is 48.9 Å². The van der Waals surface area contributed by atoms with Crippen molar-refractivity contribution < 1.29 is 0 Å². The number of benzene rings is 1. The zero-order valence-corrected chi connectivity index (χ0v) is 11.6. The zero-order chi connectivity index (χ0) is 14.1. The fraction of sp³-hybridized carbons (Fsp3) is 0.200. The molecule has 0 spiro atoms. The average molecular weight is 267 g/mol. The Morgan fingerprint density at radius 3 is 2.90 bits per heavy atom. The van der Waals surface area contributed by atoms with Gasteiger partial charge in [-0.3, -0.25) is 0 Å². The molecule has 0 aliphatic rings. The second-order valence-electron chi connectivity index (χ2n) is 4.87. The van der Waals surface area contributed by atoms with Crippen molar-refractivity contribution in [2.45, 2.75) is 13.0 Å². The van der Waals surface area contributed by atoms with E-state index in [4.69, 9.17) is 5.73 Å². The van der Waals surface area contributed by atoms with Gasteiger partial charge < -0.3 is 10.6 Å². The monoisotopic (exact) mass is 267 g/mol. The summed E-state index contributed by atoms with van der Waals surface area (Å²) in [6.45, 7) is 2.14. The van der Waals surface area contributed by atoms with Crippen LogP contribution < -0.4 is 10.6 Å². The van der Waals surface area contributed by atoms with Gasteiger partial charge >= 0.3 is 0 Å². The molecule has 5 nitrogen and oxygen atoms in total. The van der Waals surface area contributed by atoms with E-state index in [-0.39, 0.29) is 6.04 Å². The molecule has 0 saturated heterocycles. The van der Waals surface area contributed by atoms with Crippen LogP contribution in [-0.2, 0) is 0 Å². The molecule has 1 unspecified atom stereocenters. The summed E-state index contributed by atoms with van der Waals surface area (Å²) in [4.78, 5) is 6.61. The minimum atomic E-state index is 0.173. The molecular formula is C15H17N5. The number of nitrogen functional groups attached to an aromatic ring is 1. The van der Waals surface area contributed by atoms with Crippen molar-refractivity contribution >= 4 is 17.0 Å². The third-order valence-electron chi connectivity index (χ3n) is 3.61. The fourth-order valence-electron chi connectivity index (χ4n) is 2.34. The van der Waals surface area contributed by atoms with Crippen molar-refractivity contribution in [2.24, 2.45) is 0 Å². The second-order valence-corrected chi connectivity index (χ2v) is 4.87. The molecular weight excluding hydrogens is 250 g/mol. The van der Waals surface area contributed by atoms with Crippen LogP contribution in [0.4, 0.5) is 11.5 Å². The molecule has 2 heterocycles. The smallest absolute Gasteiger partial charge is 0.154 e. The van der Waals surface area contributed by atoms with Gasteiger partial charge in [0.15, 0.2) is 5.82 Å². The summed E-state index contributed by atoms with van der Waals surface area (Å²) in [7, 11) is 2.03. The Morgan fingerprint density at radius 1 is 1.25 bits per heavy atom. The van der Waals surface area contributed by atoms with E-state index < -0.39 is 0 Å².